The summed E-state index contributed by atoms with van der Waals surface area (Å²) in [5, 5.41) is 20.2. The Kier molecular flexibility index (Phi) is 3.45. The average molecular weight is 327 g/mol. The Morgan fingerprint density at radius 2 is 2.29 bits per heavy atom. The van der Waals surface area contributed by atoms with E-state index in [1.165, 1.54) is 28.2 Å². The highest BCUT2D eigenvalue weighted by Gasteiger charge is 2.52. The van der Waals surface area contributed by atoms with Gasteiger partial charge in [-0.3, -0.25) is 14.5 Å². The predicted molar refractivity (Wildman–Crippen MR) is 72.3 cm³/mol. The highest BCUT2D eigenvalue weighted by Crippen LogP contribution is 2.39. The van der Waals surface area contributed by atoms with E-state index in [9.17, 15) is 19.5 Å². The number of fused-ring (bicyclic) bond motifs is 1. The molecule has 0 aromatic carbocycles. The SMILES string of the molecule is Cn1nnnc1SCC1=C(C(=O)O)N2C(=O)C(=O)[C@@H]2SC1. The molecule has 1 fully saturated rings. The molecule has 110 valence electrons. The van der Waals surface area contributed by atoms with E-state index < -0.39 is 23.0 Å². The van der Waals surface area contributed by atoms with E-state index in [4.69, 9.17) is 0 Å². The van der Waals surface area contributed by atoms with E-state index >= 15 is 0 Å². The van der Waals surface area contributed by atoms with Gasteiger partial charge in [0, 0.05) is 18.6 Å². The van der Waals surface area contributed by atoms with E-state index in [-0.39, 0.29) is 5.70 Å². The first-order chi connectivity index (χ1) is 10.0. The first kappa shape index (κ1) is 14.1. The summed E-state index contributed by atoms with van der Waals surface area (Å²) in [6, 6.07) is 0. The van der Waals surface area contributed by atoms with Crippen LogP contribution in [-0.4, -0.2) is 64.8 Å². The number of hydrogen-bond donors (Lipinski definition) is 1. The quantitative estimate of drug-likeness (QED) is 0.427. The van der Waals surface area contributed by atoms with Crippen LogP contribution in [0, 0.1) is 0 Å². The summed E-state index contributed by atoms with van der Waals surface area (Å²) in [7, 11) is 1.68. The summed E-state index contributed by atoms with van der Waals surface area (Å²) < 4.78 is 1.47. The molecule has 1 amide bonds. The van der Waals surface area contributed by atoms with Gasteiger partial charge in [-0.15, -0.1) is 16.9 Å². The number of carbonyl (C=O) groups is 3. The van der Waals surface area contributed by atoms with Gasteiger partial charge in [-0.25, -0.2) is 9.48 Å². The van der Waals surface area contributed by atoms with Gasteiger partial charge in [0.2, 0.25) is 5.16 Å². The molecule has 2 aliphatic rings. The van der Waals surface area contributed by atoms with Crippen molar-refractivity contribution in [2.24, 2.45) is 7.05 Å². The molecule has 9 nitrogen and oxygen atoms in total. The number of tetrazole rings is 1. The van der Waals surface area contributed by atoms with E-state index in [1.807, 2.05) is 0 Å². The molecule has 0 saturated carbocycles. The van der Waals surface area contributed by atoms with Crippen LogP contribution >= 0.6 is 23.5 Å². The van der Waals surface area contributed by atoms with Crippen LogP contribution in [0.25, 0.3) is 0 Å². The Bertz CT molecular complexity index is 685. The van der Waals surface area contributed by atoms with Crippen molar-refractivity contribution in [3.63, 3.8) is 0 Å². The second-order valence-corrected chi connectivity index (χ2v) is 6.34. The van der Waals surface area contributed by atoms with Crippen molar-refractivity contribution in [1.82, 2.24) is 25.1 Å². The number of ketones is 1. The number of aromatic nitrogens is 4. The van der Waals surface area contributed by atoms with Crippen LogP contribution < -0.4 is 0 Å². The highest BCUT2D eigenvalue weighted by atomic mass is 32.2. The summed E-state index contributed by atoms with van der Waals surface area (Å²) in [5.74, 6) is -1.77. The Hall–Kier alpha value is -1.88. The minimum atomic E-state index is -1.20. The lowest BCUT2D eigenvalue weighted by Gasteiger charge is -2.42. The maximum atomic E-state index is 11.6. The van der Waals surface area contributed by atoms with E-state index in [1.54, 1.807) is 7.05 Å². The maximum Gasteiger partial charge on any atom is 0.352 e. The zero-order chi connectivity index (χ0) is 15.1. The monoisotopic (exact) mass is 327 g/mol. The lowest BCUT2D eigenvalue weighted by Crippen LogP contribution is -2.62. The molecular weight excluding hydrogens is 318 g/mol. The Morgan fingerprint density at radius 1 is 1.52 bits per heavy atom. The fraction of sp³-hybridized carbons (Fsp3) is 0.400. The van der Waals surface area contributed by atoms with Gasteiger partial charge in [-0.05, 0) is 16.0 Å². The summed E-state index contributed by atoms with van der Waals surface area (Å²) in [4.78, 5) is 35.4. The molecule has 1 saturated heterocycles. The molecule has 11 heteroatoms. The van der Waals surface area contributed by atoms with Crippen molar-refractivity contribution in [2.45, 2.75) is 10.5 Å². The van der Waals surface area contributed by atoms with Crippen molar-refractivity contribution in [2.75, 3.05) is 11.5 Å². The lowest BCUT2D eigenvalue weighted by molar-refractivity contribution is -0.156. The van der Waals surface area contributed by atoms with Crippen LogP contribution in [-0.2, 0) is 21.4 Å². The third-order valence-electron chi connectivity index (χ3n) is 3.04. The molecule has 0 bridgehead atoms. The van der Waals surface area contributed by atoms with Crippen LogP contribution in [0.1, 0.15) is 0 Å². The van der Waals surface area contributed by atoms with Crippen LogP contribution in [0.5, 0.6) is 0 Å². The van der Waals surface area contributed by atoms with Crippen molar-refractivity contribution in [3.05, 3.63) is 11.3 Å². The highest BCUT2D eigenvalue weighted by molar-refractivity contribution is 8.01. The fourth-order valence-electron chi connectivity index (χ4n) is 2.03. The standard InChI is InChI=1S/C10H9N5O4S2/c1-14-10(11-12-13-14)21-3-4-2-20-8-6(16)7(17)15(8)5(4)9(18)19/h8H,2-3H2,1H3,(H,18,19)/t8-/m0/s1. The van der Waals surface area contributed by atoms with Gasteiger partial charge in [-0.2, -0.15) is 0 Å². The Morgan fingerprint density at radius 3 is 2.90 bits per heavy atom. The molecule has 0 unspecified atom stereocenters. The second-order valence-electron chi connectivity index (χ2n) is 4.33. The molecular formula is C10H9N5O4S2. The molecule has 21 heavy (non-hydrogen) atoms. The Labute approximate surface area is 126 Å². The Balaban J connectivity index is 1.84. The smallest absolute Gasteiger partial charge is 0.352 e. The first-order valence-corrected chi connectivity index (χ1v) is 7.83. The molecule has 3 heterocycles. The lowest BCUT2D eigenvalue weighted by atomic mass is 10.1. The number of amides is 1. The van der Waals surface area contributed by atoms with Gasteiger partial charge in [-0.1, -0.05) is 11.8 Å². The third kappa shape index (κ3) is 2.21. The van der Waals surface area contributed by atoms with Gasteiger partial charge in [0.1, 0.15) is 5.70 Å². The van der Waals surface area contributed by atoms with Crippen molar-refractivity contribution in [1.29, 1.82) is 0 Å². The normalized spacial score (nSPS) is 21.4. The number of carbonyl (C=O) groups excluding carboxylic acids is 2. The molecule has 1 aromatic rings. The molecule has 1 atom stereocenters. The second kappa shape index (κ2) is 5.15. The molecule has 0 radical (unpaired) electrons. The number of rotatable bonds is 4. The molecule has 0 aliphatic carbocycles. The fourth-order valence-corrected chi connectivity index (χ4v) is 4.22. The molecule has 2 aliphatic heterocycles. The number of aryl methyl sites for hydroxylation is 1. The predicted octanol–water partition coefficient (Wildman–Crippen LogP) is -0.875. The van der Waals surface area contributed by atoms with Crippen LogP contribution in [0.3, 0.4) is 0 Å². The van der Waals surface area contributed by atoms with Crippen molar-refractivity contribution < 1.29 is 19.5 Å². The molecule has 0 spiro atoms. The van der Waals surface area contributed by atoms with Gasteiger partial charge in [0.15, 0.2) is 5.37 Å². The zero-order valence-corrected chi connectivity index (χ0v) is 12.3. The van der Waals surface area contributed by atoms with Gasteiger partial charge >= 0.3 is 5.97 Å². The number of Topliss-reactive ketones (excluding diaryl/α,β-unsaturated/α-hetero) is 1. The van der Waals surface area contributed by atoms with Gasteiger partial charge in [0.05, 0.1) is 0 Å². The van der Waals surface area contributed by atoms with Crippen LogP contribution in [0.15, 0.2) is 16.4 Å². The van der Waals surface area contributed by atoms with Gasteiger partial charge in [0.25, 0.3) is 11.7 Å². The zero-order valence-electron chi connectivity index (χ0n) is 10.7. The molecule has 1 aromatic heterocycles. The topological polar surface area (TPSA) is 118 Å². The van der Waals surface area contributed by atoms with E-state index in [0.29, 0.717) is 22.2 Å². The number of aliphatic carboxylic acids is 1. The maximum absolute atomic E-state index is 11.6. The average Bonchev–Trinajstić information content (AvgIpc) is 2.88. The molecule has 1 N–H and O–H groups in total. The number of hydrogen-bond acceptors (Lipinski definition) is 8. The minimum Gasteiger partial charge on any atom is -0.477 e. The number of nitrogens with zero attached hydrogens (tertiary/aromatic N) is 5. The summed E-state index contributed by atoms with van der Waals surface area (Å²) >= 11 is 2.54. The number of carboxylic acids is 1. The number of carboxylic acid groups (broad SMARTS) is 1. The number of β-lactam (4-membered cyclic amide) rings is 1. The molecule has 3 rings (SSSR count). The first-order valence-electron chi connectivity index (χ1n) is 5.80. The van der Waals surface area contributed by atoms with Crippen molar-refractivity contribution in [3.8, 4) is 0 Å². The summed E-state index contributed by atoms with van der Waals surface area (Å²) in [6.07, 6.45) is 0. The van der Waals surface area contributed by atoms with Crippen LogP contribution in [0.4, 0.5) is 0 Å². The number of thioether (sulfide) groups is 2. The van der Waals surface area contributed by atoms with Gasteiger partial charge < -0.3 is 5.11 Å². The summed E-state index contributed by atoms with van der Waals surface area (Å²) in [6.45, 7) is 0. The largest absolute Gasteiger partial charge is 0.477 e. The van der Waals surface area contributed by atoms with Crippen LogP contribution in [0.2, 0.25) is 0 Å². The van der Waals surface area contributed by atoms with E-state index in [2.05, 4.69) is 15.5 Å². The van der Waals surface area contributed by atoms with E-state index in [0.717, 1.165) is 4.90 Å². The minimum absolute atomic E-state index is 0.0917. The third-order valence-corrected chi connectivity index (χ3v) is 5.39. The van der Waals surface area contributed by atoms with Crippen molar-refractivity contribution >= 4 is 41.2 Å². The summed E-state index contributed by atoms with van der Waals surface area (Å²) in [5.41, 5.74) is 0.489.